The van der Waals surface area contributed by atoms with Crippen molar-refractivity contribution in [2.45, 2.75) is 31.3 Å². The van der Waals surface area contributed by atoms with Crippen molar-refractivity contribution in [1.82, 2.24) is 5.43 Å². The van der Waals surface area contributed by atoms with Gasteiger partial charge in [-0.3, -0.25) is 15.4 Å². The number of nitrogens with two attached hydrogens (primary N) is 2. The second-order valence-corrected chi connectivity index (χ2v) is 2.93. The van der Waals surface area contributed by atoms with Crippen LogP contribution in [0.4, 0.5) is 0 Å². The predicted octanol–water partition coefficient (Wildman–Crippen LogP) is -1.51. The molecule has 0 saturated carbocycles. The topological polar surface area (TPSA) is 139 Å². The van der Waals surface area contributed by atoms with E-state index in [1.165, 1.54) is 0 Å². The number of carbonyl (C=O) groups is 2. The maximum absolute atomic E-state index is 10.5. The van der Waals surface area contributed by atoms with Crippen LogP contribution in [0.1, 0.15) is 19.3 Å². The largest absolute Gasteiger partial charge is 0.480 e. The van der Waals surface area contributed by atoms with Crippen molar-refractivity contribution in [3.8, 4) is 0 Å². The van der Waals surface area contributed by atoms with E-state index in [2.05, 4.69) is 5.43 Å². The van der Waals surface area contributed by atoms with Gasteiger partial charge in [0.2, 0.25) is 0 Å². The molecule has 0 aliphatic carbocycles. The number of hydrazine groups is 1. The molecule has 0 aromatic carbocycles. The van der Waals surface area contributed by atoms with E-state index in [0.717, 1.165) is 0 Å². The van der Waals surface area contributed by atoms with E-state index in [4.69, 9.17) is 21.8 Å². The summed E-state index contributed by atoms with van der Waals surface area (Å²) in [5.74, 6) is 2.83. The van der Waals surface area contributed by atoms with Crippen LogP contribution in [0.15, 0.2) is 0 Å². The molecule has 1 unspecified atom stereocenters. The lowest BCUT2D eigenvalue weighted by molar-refractivity contribution is -0.139. The number of nitrogens with one attached hydrogen (secondary N) is 1. The monoisotopic (exact) mass is 205 g/mol. The average Bonchev–Trinajstić information content (AvgIpc) is 2.11. The third-order valence-electron chi connectivity index (χ3n) is 1.82. The van der Waals surface area contributed by atoms with Gasteiger partial charge >= 0.3 is 11.9 Å². The molecule has 0 fully saturated rings. The molecule has 0 spiro atoms. The summed E-state index contributed by atoms with van der Waals surface area (Å²) in [6.07, 6.45) is 0.891. The maximum atomic E-state index is 10.5. The Labute approximate surface area is 81.0 Å². The highest BCUT2D eigenvalue weighted by Crippen LogP contribution is 2.03. The van der Waals surface area contributed by atoms with Crippen LogP contribution < -0.4 is 17.0 Å². The minimum Gasteiger partial charge on any atom is -0.480 e. The molecule has 0 aromatic heterocycles. The zero-order valence-electron chi connectivity index (χ0n) is 7.64. The lowest BCUT2D eigenvalue weighted by Crippen LogP contribution is -2.41. The molecule has 82 valence electrons. The second kappa shape index (κ2) is 6.30. The second-order valence-electron chi connectivity index (χ2n) is 2.93. The molecule has 0 bridgehead atoms. The van der Waals surface area contributed by atoms with E-state index >= 15 is 0 Å². The van der Waals surface area contributed by atoms with Crippen LogP contribution in [0, 0.1) is 0 Å². The van der Waals surface area contributed by atoms with Gasteiger partial charge in [0.15, 0.2) is 0 Å². The van der Waals surface area contributed by atoms with Crippen molar-refractivity contribution in [2.24, 2.45) is 11.6 Å². The zero-order chi connectivity index (χ0) is 11.1. The molecule has 0 aliphatic rings. The van der Waals surface area contributed by atoms with E-state index in [1.807, 2.05) is 0 Å². The Kier molecular flexibility index (Phi) is 5.77. The van der Waals surface area contributed by atoms with E-state index in [-0.39, 0.29) is 12.8 Å². The van der Waals surface area contributed by atoms with Crippen molar-refractivity contribution in [3.05, 3.63) is 0 Å². The Morgan fingerprint density at radius 2 is 1.79 bits per heavy atom. The third-order valence-corrected chi connectivity index (χ3v) is 1.82. The van der Waals surface area contributed by atoms with Gasteiger partial charge in [0, 0.05) is 0 Å². The van der Waals surface area contributed by atoms with Gasteiger partial charge in [0.1, 0.15) is 12.1 Å². The first-order chi connectivity index (χ1) is 6.49. The quantitative estimate of drug-likeness (QED) is 0.251. The van der Waals surface area contributed by atoms with Crippen LogP contribution >= 0.6 is 0 Å². The molecule has 0 heterocycles. The average molecular weight is 205 g/mol. The van der Waals surface area contributed by atoms with Crippen molar-refractivity contribution in [2.75, 3.05) is 0 Å². The molecule has 0 aromatic rings. The summed E-state index contributed by atoms with van der Waals surface area (Å²) in [6.45, 7) is 0. The van der Waals surface area contributed by atoms with E-state index < -0.39 is 24.0 Å². The molecule has 7 N–H and O–H groups in total. The highest BCUT2D eigenvalue weighted by atomic mass is 16.4. The van der Waals surface area contributed by atoms with Crippen LogP contribution in [-0.4, -0.2) is 34.2 Å². The summed E-state index contributed by atoms with van der Waals surface area (Å²) in [7, 11) is 0. The maximum Gasteiger partial charge on any atom is 0.322 e. The lowest BCUT2D eigenvalue weighted by atomic mass is 10.1. The summed E-state index contributed by atoms with van der Waals surface area (Å²) in [6, 6.07) is -1.79. The number of hydrogen-bond donors (Lipinski definition) is 5. The van der Waals surface area contributed by atoms with Gasteiger partial charge in [-0.25, -0.2) is 5.43 Å². The normalized spacial score (nSPS) is 14.7. The predicted molar refractivity (Wildman–Crippen MR) is 48.2 cm³/mol. The van der Waals surface area contributed by atoms with Gasteiger partial charge in [-0.05, 0) is 19.3 Å². The van der Waals surface area contributed by atoms with Crippen molar-refractivity contribution in [1.29, 1.82) is 0 Å². The summed E-state index contributed by atoms with van der Waals surface area (Å²) in [4.78, 5) is 20.7. The highest BCUT2D eigenvalue weighted by Gasteiger charge is 2.17. The molecule has 2 atom stereocenters. The van der Waals surface area contributed by atoms with Crippen LogP contribution in [0.25, 0.3) is 0 Å². The molecule has 7 nitrogen and oxygen atoms in total. The zero-order valence-corrected chi connectivity index (χ0v) is 7.64. The van der Waals surface area contributed by atoms with Crippen molar-refractivity contribution >= 4 is 11.9 Å². The Morgan fingerprint density at radius 1 is 1.21 bits per heavy atom. The van der Waals surface area contributed by atoms with Gasteiger partial charge in [0.05, 0.1) is 0 Å². The molecule has 0 rings (SSSR count). The van der Waals surface area contributed by atoms with E-state index in [0.29, 0.717) is 6.42 Å². The fourth-order valence-corrected chi connectivity index (χ4v) is 0.943. The summed E-state index contributed by atoms with van der Waals surface area (Å²) >= 11 is 0. The van der Waals surface area contributed by atoms with Crippen molar-refractivity contribution < 1.29 is 19.8 Å². The molecule has 0 aliphatic heterocycles. The van der Waals surface area contributed by atoms with Crippen LogP contribution in [0.2, 0.25) is 0 Å². The third kappa shape index (κ3) is 4.75. The summed E-state index contributed by atoms with van der Waals surface area (Å²) in [5.41, 5.74) is 7.34. The minimum absolute atomic E-state index is 0.237. The van der Waals surface area contributed by atoms with Gasteiger partial charge in [-0.2, -0.15) is 0 Å². The summed E-state index contributed by atoms with van der Waals surface area (Å²) in [5, 5.41) is 17.0. The van der Waals surface area contributed by atoms with Gasteiger partial charge in [-0.15, -0.1) is 0 Å². The Bertz CT molecular complexity index is 209. The molecule has 14 heavy (non-hydrogen) atoms. The molecular formula is C7H15N3O4. The molecular weight excluding hydrogens is 190 g/mol. The SMILES string of the molecule is NNC(CCC[C@H](N)C(=O)O)C(=O)O. The summed E-state index contributed by atoms with van der Waals surface area (Å²) < 4.78 is 0. The van der Waals surface area contributed by atoms with Gasteiger partial charge in [-0.1, -0.05) is 0 Å². The highest BCUT2D eigenvalue weighted by molar-refractivity contribution is 5.73. The lowest BCUT2D eigenvalue weighted by Gasteiger charge is -2.11. The number of hydrogen-bond acceptors (Lipinski definition) is 5. The van der Waals surface area contributed by atoms with Gasteiger partial charge in [0.25, 0.3) is 0 Å². The smallest absolute Gasteiger partial charge is 0.322 e. The Hall–Kier alpha value is -1.18. The van der Waals surface area contributed by atoms with Crippen molar-refractivity contribution in [3.63, 3.8) is 0 Å². The Morgan fingerprint density at radius 3 is 2.14 bits per heavy atom. The fraction of sp³-hybridized carbons (Fsp3) is 0.714. The van der Waals surface area contributed by atoms with Gasteiger partial charge < -0.3 is 15.9 Å². The molecule has 0 radical (unpaired) electrons. The minimum atomic E-state index is -1.09. The fourth-order valence-electron chi connectivity index (χ4n) is 0.943. The van der Waals surface area contributed by atoms with Crippen LogP contribution in [-0.2, 0) is 9.59 Å². The molecule has 0 amide bonds. The first-order valence-corrected chi connectivity index (χ1v) is 4.16. The van der Waals surface area contributed by atoms with E-state index in [9.17, 15) is 9.59 Å². The standard InChI is InChI=1S/C7H15N3O4/c8-4(6(11)12)2-1-3-5(10-9)7(13)14/h4-5,10H,1-3,8-9H2,(H,11,12)(H,13,14)/t4-,5?/m0/s1. The first kappa shape index (κ1) is 12.8. The number of carboxylic acids is 2. The molecule has 0 saturated heterocycles. The first-order valence-electron chi connectivity index (χ1n) is 4.16. The number of aliphatic carboxylic acids is 2. The van der Waals surface area contributed by atoms with E-state index in [1.54, 1.807) is 0 Å². The number of carboxylic acid groups (broad SMARTS) is 2. The van der Waals surface area contributed by atoms with Crippen LogP contribution in [0.3, 0.4) is 0 Å². The Balaban J connectivity index is 3.71. The number of rotatable bonds is 7. The van der Waals surface area contributed by atoms with Crippen LogP contribution in [0.5, 0.6) is 0 Å². The molecule has 7 heteroatoms.